The maximum absolute atomic E-state index is 13.4. The van der Waals surface area contributed by atoms with Crippen LogP contribution < -0.4 is 25.4 Å². The molecule has 1 aliphatic rings. The molecule has 0 spiro atoms. The number of para-hydroxylation sites is 1. The lowest BCUT2D eigenvalue weighted by Gasteiger charge is -2.22. The van der Waals surface area contributed by atoms with Gasteiger partial charge in [-0.1, -0.05) is 48.5 Å². The van der Waals surface area contributed by atoms with Gasteiger partial charge in [0.2, 0.25) is 10.0 Å². The number of sulfonamides is 2. The summed E-state index contributed by atoms with van der Waals surface area (Å²) in [5, 5.41) is 6.13. The van der Waals surface area contributed by atoms with E-state index in [4.69, 9.17) is 5.73 Å². The lowest BCUT2D eigenvalue weighted by atomic mass is 10.00. The first-order valence-electron chi connectivity index (χ1n) is 12.9. The highest BCUT2D eigenvalue weighted by Crippen LogP contribution is 2.39. The Morgan fingerprint density at radius 1 is 0.833 bits per heavy atom. The Bertz CT molecular complexity index is 1860. The molecule has 5 N–H and O–H groups in total. The fourth-order valence-electron chi connectivity index (χ4n) is 4.62. The van der Waals surface area contributed by atoms with Crippen molar-refractivity contribution in [3.63, 3.8) is 0 Å². The normalized spacial score (nSPS) is 14.1. The zero-order valence-corrected chi connectivity index (χ0v) is 24.2. The number of nitrogens with one attached hydrogen (secondary N) is 3. The van der Waals surface area contributed by atoms with E-state index in [0.717, 1.165) is 6.26 Å². The van der Waals surface area contributed by atoms with E-state index < -0.39 is 26.0 Å². The van der Waals surface area contributed by atoms with Gasteiger partial charge in [0.1, 0.15) is 0 Å². The molecule has 0 saturated carbocycles. The van der Waals surface area contributed by atoms with Crippen LogP contribution in [0.3, 0.4) is 0 Å². The van der Waals surface area contributed by atoms with Crippen LogP contribution in [0.1, 0.15) is 11.1 Å². The smallest absolute Gasteiger partial charge is 0.261 e. The number of hydrogen-bond acceptors (Lipinski definition) is 7. The Hall–Kier alpha value is -4.65. The second kappa shape index (κ2) is 11.7. The van der Waals surface area contributed by atoms with Crippen LogP contribution in [-0.2, 0) is 24.8 Å². The monoisotopic (exact) mass is 603 g/mol. The van der Waals surface area contributed by atoms with Gasteiger partial charge in [0, 0.05) is 35.7 Å². The molecule has 0 fully saturated rings. The third-order valence-corrected chi connectivity index (χ3v) is 9.11. The van der Waals surface area contributed by atoms with Crippen LogP contribution in [0.5, 0.6) is 0 Å². The van der Waals surface area contributed by atoms with Gasteiger partial charge >= 0.3 is 0 Å². The van der Waals surface area contributed by atoms with Crippen molar-refractivity contribution in [2.24, 2.45) is 5.73 Å². The summed E-state index contributed by atoms with van der Waals surface area (Å²) in [5.41, 5.74) is 9.37. The van der Waals surface area contributed by atoms with Crippen LogP contribution in [0.15, 0.2) is 108 Å². The number of hydrogen-bond donors (Lipinski definition) is 4. The molecule has 4 aromatic rings. The molecule has 10 nitrogen and oxygen atoms in total. The predicted octanol–water partition coefficient (Wildman–Crippen LogP) is 4.14. The van der Waals surface area contributed by atoms with E-state index >= 15 is 0 Å². The highest BCUT2D eigenvalue weighted by atomic mass is 32.2. The van der Waals surface area contributed by atoms with Crippen LogP contribution >= 0.6 is 0 Å². The number of nitrogens with two attached hydrogens (primary N) is 1. The molecule has 5 rings (SSSR count). The van der Waals surface area contributed by atoms with Gasteiger partial charge in [-0.15, -0.1) is 0 Å². The Kier molecular flexibility index (Phi) is 8.03. The van der Waals surface area contributed by atoms with Crippen molar-refractivity contribution in [1.29, 1.82) is 0 Å². The SMILES string of the molecule is CS(=O)(=O)N(CCN)c1ccc(N/C(=C2\C(=O)Nc3ccc(S(=O)(=O)Nc4ccccc4)cc32)c2ccccc2)cc1. The zero-order valence-electron chi connectivity index (χ0n) is 22.6. The standard InChI is InChI=1S/C30H29N5O5S2/c1-41(37,38)35(19-18-31)24-14-12-22(13-15-24)32-29(21-8-4-2-5-9-21)28-26-20-25(16-17-27(26)33-30(28)36)42(39,40)34-23-10-6-3-7-11-23/h2-17,20,32,34H,18-19,31H2,1H3,(H,33,36)/b29-28-. The molecule has 0 atom stereocenters. The summed E-state index contributed by atoms with van der Waals surface area (Å²) in [4.78, 5) is 13.4. The first-order chi connectivity index (χ1) is 20.1. The zero-order chi connectivity index (χ0) is 29.9. The Labute approximate surface area is 245 Å². The van der Waals surface area contributed by atoms with Gasteiger partial charge in [0.15, 0.2) is 0 Å². The van der Waals surface area contributed by atoms with Crippen molar-refractivity contribution in [3.05, 3.63) is 114 Å². The maximum Gasteiger partial charge on any atom is 0.261 e. The first kappa shape index (κ1) is 28.9. The van der Waals surface area contributed by atoms with Crippen molar-refractivity contribution >= 4 is 60.0 Å². The topological polar surface area (TPSA) is 151 Å². The molecule has 1 heterocycles. The van der Waals surface area contributed by atoms with Crippen LogP contribution in [-0.4, -0.2) is 42.1 Å². The second-order valence-corrected chi connectivity index (χ2v) is 13.1. The Morgan fingerprint density at radius 3 is 2.10 bits per heavy atom. The fraction of sp³-hybridized carbons (Fsp3) is 0.100. The van der Waals surface area contributed by atoms with Gasteiger partial charge in [0.05, 0.1) is 28.1 Å². The third-order valence-electron chi connectivity index (χ3n) is 6.54. The first-order valence-corrected chi connectivity index (χ1v) is 16.3. The average molecular weight is 604 g/mol. The van der Waals surface area contributed by atoms with Crippen molar-refractivity contribution in [2.75, 3.05) is 39.0 Å². The van der Waals surface area contributed by atoms with E-state index in [1.165, 1.54) is 16.4 Å². The third kappa shape index (κ3) is 6.15. The lowest BCUT2D eigenvalue weighted by Crippen LogP contribution is -2.34. The van der Waals surface area contributed by atoms with E-state index in [9.17, 15) is 21.6 Å². The molecule has 12 heteroatoms. The molecular formula is C30H29N5O5S2. The molecule has 0 radical (unpaired) electrons. The van der Waals surface area contributed by atoms with Gasteiger partial charge in [-0.3, -0.25) is 13.8 Å². The highest BCUT2D eigenvalue weighted by molar-refractivity contribution is 7.92. The number of amides is 1. The summed E-state index contributed by atoms with van der Waals surface area (Å²) in [6.07, 6.45) is 1.12. The minimum Gasteiger partial charge on any atom is -0.354 e. The molecule has 0 saturated heterocycles. The number of fused-ring (bicyclic) bond motifs is 1. The van der Waals surface area contributed by atoms with Gasteiger partial charge in [-0.25, -0.2) is 16.8 Å². The molecule has 4 aromatic carbocycles. The van der Waals surface area contributed by atoms with Crippen molar-refractivity contribution in [3.8, 4) is 0 Å². The van der Waals surface area contributed by atoms with E-state index in [1.807, 2.05) is 30.3 Å². The van der Waals surface area contributed by atoms with Crippen LogP contribution in [0.2, 0.25) is 0 Å². The molecule has 216 valence electrons. The van der Waals surface area contributed by atoms with Gasteiger partial charge in [-0.2, -0.15) is 0 Å². The molecule has 0 bridgehead atoms. The maximum atomic E-state index is 13.4. The Morgan fingerprint density at radius 2 is 1.48 bits per heavy atom. The van der Waals surface area contributed by atoms with Crippen molar-refractivity contribution in [2.45, 2.75) is 4.90 Å². The number of rotatable bonds is 10. The van der Waals surface area contributed by atoms with Crippen LogP contribution in [0.25, 0.3) is 11.3 Å². The lowest BCUT2D eigenvalue weighted by molar-refractivity contribution is -0.110. The van der Waals surface area contributed by atoms with Crippen LogP contribution in [0.4, 0.5) is 22.7 Å². The predicted molar refractivity (Wildman–Crippen MR) is 167 cm³/mol. The fourth-order valence-corrected chi connectivity index (χ4v) is 6.65. The molecule has 1 aliphatic heterocycles. The molecule has 1 amide bonds. The minimum atomic E-state index is -3.95. The molecule has 0 aromatic heterocycles. The molecule has 0 unspecified atom stereocenters. The summed E-state index contributed by atoms with van der Waals surface area (Å²) in [5.74, 6) is -0.398. The Balaban J connectivity index is 1.57. The second-order valence-electron chi connectivity index (χ2n) is 9.54. The van der Waals surface area contributed by atoms with E-state index in [2.05, 4.69) is 15.4 Å². The summed E-state index contributed by atoms with van der Waals surface area (Å²) >= 11 is 0. The number of anilines is 4. The number of carbonyl (C=O) groups is 1. The van der Waals surface area contributed by atoms with E-state index in [1.54, 1.807) is 60.7 Å². The highest BCUT2D eigenvalue weighted by Gasteiger charge is 2.30. The molecule has 0 aliphatic carbocycles. The summed E-state index contributed by atoms with van der Waals surface area (Å²) in [7, 11) is -7.48. The summed E-state index contributed by atoms with van der Waals surface area (Å²) < 4.78 is 54.7. The van der Waals surface area contributed by atoms with E-state index in [-0.39, 0.29) is 23.6 Å². The summed E-state index contributed by atoms with van der Waals surface area (Å²) in [6, 6.07) is 28.9. The van der Waals surface area contributed by atoms with Crippen LogP contribution in [0, 0.1) is 0 Å². The van der Waals surface area contributed by atoms with Crippen molar-refractivity contribution < 1.29 is 21.6 Å². The number of benzene rings is 4. The quantitative estimate of drug-likeness (QED) is 0.199. The number of carbonyl (C=O) groups excluding carboxylic acids is 1. The van der Waals surface area contributed by atoms with Crippen molar-refractivity contribution in [1.82, 2.24) is 0 Å². The summed E-state index contributed by atoms with van der Waals surface area (Å²) in [6.45, 7) is 0.288. The molecule has 42 heavy (non-hydrogen) atoms. The van der Waals surface area contributed by atoms with E-state index in [0.29, 0.717) is 39.6 Å². The minimum absolute atomic E-state index is 0.00311. The largest absolute Gasteiger partial charge is 0.354 e. The van der Waals surface area contributed by atoms with Gasteiger partial charge < -0.3 is 16.4 Å². The molecular weight excluding hydrogens is 574 g/mol. The van der Waals surface area contributed by atoms with Gasteiger partial charge in [0.25, 0.3) is 15.9 Å². The average Bonchev–Trinajstić information content (AvgIpc) is 3.30. The number of nitrogens with zero attached hydrogens (tertiary/aromatic N) is 1. The van der Waals surface area contributed by atoms with Gasteiger partial charge in [-0.05, 0) is 60.2 Å².